The summed E-state index contributed by atoms with van der Waals surface area (Å²) in [5, 5.41) is 11.4. The Hall–Kier alpha value is -3.32. The van der Waals surface area contributed by atoms with Crippen molar-refractivity contribution in [3.63, 3.8) is 0 Å². The fourth-order valence-corrected chi connectivity index (χ4v) is 4.13. The maximum absolute atomic E-state index is 13.2. The average molecular weight is 468 g/mol. The van der Waals surface area contributed by atoms with Crippen LogP contribution < -0.4 is 9.47 Å². The molecule has 0 radical (unpaired) electrons. The molecule has 1 atom stereocenters. The summed E-state index contributed by atoms with van der Waals surface area (Å²) in [6.45, 7) is 9.05. The van der Waals surface area contributed by atoms with Crippen LogP contribution in [0, 0.1) is 0 Å². The Labute approximate surface area is 200 Å². The smallest absolute Gasteiger partial charge is 0.295 e. The largest absolute Gasteiger partial charge is 0.507 e. The molecule has 0 aromatic heterocycles. The van der Waals surface area contributed by atoms with E-state index in [-0.39, 0.29) is 29.9 Å². The second-order valence-corrected chi connectivity index (χ2v) is 9.15. The maximum Gasteiger partial charge on any atom is 0.295 e. The summed E-state index contributed by atoms with van der Waals surface area (Å²) in [5.41, 5.74) is 1.83. The van der Waals surface area contributed by atoms with Crippen molar-refractivity contribution in [2.45, 2.75) is 39.2 Å². The molecule has 1 aliphatic rings. The van der Waals surface area contributed by atoms with Crippen LogP contribution in [0.2, 0.25) is 0 Å². The molecule has 3 rings (SSSR count). The summed E-state index contributed by atoms with van der Waals surface area (Å²) >= 11 is 0. The second-order valence-electron chi connectivity index (χ2n) is 9.15. The van der Waals surface area contributed by atoms with Crippen molar-refractivity contribution in [3.8, 4) is 11.5 Å². The number of Topliss-reactive ketones (excluding diaryl/α,β-unsaturated/α-hetero) is 1. The number of ketones is 1. The third kappa shape index (κ3) is 4.94. The van der Waals surface area contributed by atoms with Gasteiger partial charge in [-0.15, -0.1) is 0 Å². The molecular formula is C27H33NO6. The van der Waals surface area contributed by atoms with Gasteiger partial charge in [0.1, 0.15) is 17.3 Å². The number of rotatable bonds is 8. The number of aliphatic hydroxyl groups excluding tert-OH is 1. The first-order valence-corrected chi connectivity index (χ1v) is 11.3. The summed E-state index contributed by atoms with van der Waals surface area (Å²) in [7, 11) is 3.10. The van der Waals surface area contributed by atoms with Crippen molar-refractivity contribution in [2.24, 2.45) is 0 Å². The molecule has 1 aliphatic heterocycles. The van der Waals surface area contributed by atoms with E-state index in [0.717, 1.165) is 11.3 Å². The molecule has 34 heavy (non-hydrogen) atoms. The number of nitrogens with zero attached hydrogens (tertiary/aromatic N) is 1. The minimum atomic E-state index is -0.745. The van der Waals surface area contributed by atoms with E-state index >= 15 is 0 Å². The summed E-state index contributed by atoms with van der Waals surface area (Å²) in [5.74, 6) is -0.229. The molecule has 2 aromatic carbocycles. The van der Waals surface area contributed by atoms with Crippen LogP contribution in [0.5, 0.6) is 11.5 Å². The van der Waals surface area contributed by atoms with Crippen molar-refractivity contribution in [1.29, 1.82) is 0 Å². The van der Waals surface area contributed by atoms with Gasteiger partial charge in [-0.25, -0.2) is 0 Å². The highest BCUT2D eigenvalue weighted by Gasteiger charge is 2.46. The molecule has 7 heteroatoms. The maximum atomic E-state index is 13.2. The standard InChI is InChI=1S/C27H33NO6/c1-7-34-21-13-10-18(16-20(21)27(2,3)4)24(29)22-23(17-8-11-19(33-6)12-9-17)28(14-15-32-5)26(31)25(22)30/h8-13,16,23,29H,7,14-15H2,1-6H3/b24-22-. The zero-order chi connectivity index (χ0) is 25.0. The zero-order valence-electron chi connectivity index (χ0n) is 20.7. The van der Waals surface area contributed by atoms with E-state index in [4.69, 9.17) is 14.2 Å². The third-order valence-electron chi connectivity index (χ3n) is 5.87. The van der Waals surface area contributed by atoms with Gasteiger partial charge < -0.3 is 24.2 Å². The van der Waals surface area contributed by atoms with Gasteiger partial charge in [-0.3, -0.25) is 9.59 Å². The van der Waals surface area contributed by atoms with E-state index in [9.17, 15) is 14.7 Å². The van der Waals surface area contributed by atoms with Crippen molar-refractivity contribution in [1.82, 2.24) is 4.90 Å². The predicted octanol–water partition coefficient (Wildman–Crippen LogP) is 4.46. The highest BCUT2D eigenvalue weighted by molar-refractivity contribution is 6.46. The molecule has 0 bridgehead atoms. The number of methoxy groups -OCH3 is 2. The molecule has 1 heterocycles. The van der Waals surface area contributed by atoms with Crippen LogP contribution in [0.4, 0.5) is 0 Å². The molecule has 1 unspecified atom stereocenters. The van der Waals surface area contributed by atoms with Gasteiger partial charge in [0, 0.05) is 24.8 Å². The second kappa shape index (κ2) is 10.3. The van der Waals surface area contributed by atoms with Crippen LogP contribution in [0.25, 0.3) is 5.76 Å². The number of likely N-dealkylation sites (tertiary alicyclic amines) is 1. The van der Waals surface area contributed by atoms with E-state index in [1.807, 2.05) is 13.0 Å². The SMILES string of the molecule is CCOc1ccc(/C(O)=C2/C(=O)C(=O)N(CCOC)C2c2ccc(OC)cc2)cc1C(C)(C)C. The van der Waals surface area contributed by atoms with E-state index < -0.39 is 17.7 Å². The van der Waals surface area contributed by atoms with Gasteiger partial charge in [0.15, 0.2) is 0 Å². The molecule has 1 amide bonds. The Balaban J connectivity index is 2.19. The van der Waals surface area contributed by atoms with Crippen molar-refractivity contribution < 1.29 is 28.9 Å². The molecule has 7 nitrogen and oxygen atoms in total. The molecule has 0 aliphatic carbocycles. The number of carbonyl (C=O) groups excluding carboxylic acids is 2. The average Bonchev–Trinajstić information content (AvgIpc) is 3.07. The lowest BCUT2D eigenvalue weighted by atomic mass is 9.84. The van der Waals surface area contributed by atoms with Crippen LogP contribution in [0.15, 0.2) is 48.0 Å². The van der Waals surface area contributed by atoms with Crippen molar-refractivity contribution in [2.75, 3.05) is 34.0 Å². The number of carbonyl (C=O) groups is 2. The zero-order valence-corrected chi connectivity index (χ0v) is 20.7. The summed E-state index contributed by atoms with van der Waals surface area (Å²) in [4.78, 5) is 27.6. The highest BCUT2D eigenvalue weighted by Crippen LogP contribution is 2.41. The molecule has 182 valence electrons. The van der Waals surface area contributed by atoms with E-state index in [1.54, 1.807) is 43.5 Å². The minimum absolute atomic E-state index is 0.0512. The van der Waals surface area contributed by atoms with Crippen LogP contribution in [0.1, 0.15) is 50.4 Å². The number of hydrogen-bond donors (Lipinski definition) is 1. The fourth-order valence-electron chi connectivity index (χ4n) is 4.13. The number of ether oxygens (including phenoxy) is 3. The van der Waals surface area contributed by atoms with Crippen LogP contribution in [0.3, 0.4) is 0 Å². The Kier molecular flexibility index (Phi) is 7.67. The van der Waals surface area contributed by atoms with Gasteiger partial charge in [0.2, 0.25) is 0 Å². The lowest BCUT2D eigenvalue weighted by Crippen LogP contribution is -2.32. The number of benzene rings is 2. The molecule has 0 spiro atoms. The molecule has 1 N–H and O–H groups in total. The lowest BCUT2D eigenvalue weighted by molar-refractivity contribution is -0.140. The Bertz CT molecular complexity index is 1080. The molecule has 0 saturated carbocycles. The minimum Gasteiger partial charge on any atom is -0.507 e. The first kappa shape index (κ1) is 25.3. The summed E-state index contributed by atoms with van der Waals surface area (Å²) in [6.07, 6.45) is 0. The first-order chi connectivity index (χ1) is 16.1. The van der Waals surface area contributed by atoms with E-state index in [2.05, 4.69) is 20.8 Å². The normalized spacial score (nSPS) is 17.8. The highest BCUT2D eigenvalue weighted by atomic mass is 16.5. The molecular weight excluding hydrogens is 434 g/mol. The van der Waals surface area contributed by atoms with Gasteiger partial charge in [0.25, 0.3) is 11.7 Å². The van der Waals surface area contributed by atoms with Crippen LogP contribution in [-0.2, 0) is 19.7 Å². The summed E-state index contributed by atoms with van der Waals surface area (Å²) in [6, 6.07) is 11.7. The molecule has 2 aromatic rings. The predicted molar refractivity (Wildman–Crippen MR) is 130 cm³/mol. The molecule has 1 saturated heterocycles. The van der Waals surface area contributed by atoms with Crippen molar-refractivity contribution >= 4 is 17.4 Å². The number of amides is 1. The number of aliphatic hydroxyl groups is 1. The van der Waals surface area contributed by atoms with Gasteiger partial charge >= 0.3 is 0 Å². The monoisotopic (exact) mass is 467 g/mol. The van der Waals surface area contributed by atoms with Gasteiger partial charge in [-0.05, 0) is 48.2 Å². The first-order valence-electron chi connectivity index (χ1n) is 11.3. The van der Waals surface area contributed by atoms with Gasteiger partial charge in [0.05, 0.1) is 31.9 Å². The Morgan fingerprint density at radius 3 is 2.29 bits per heavy atom. The van der Waals surface area contributed by atoms with Gasteiger partial charge in [-0.1, -0.05) is 32.9 Å². The number of hydrogen-bond acceptors (Lipinski definition) is 6. The third-order valence-corrected chi connectivity index (χ3v) is 5.87. The van der Waals surface area contributed by atoms with Crippen LogP contribution in [-0.4, -0.2) is 55.7 Å². The lowest BCUT2D eigenvalue weighted by Gasteiger charge is -2.26. The summed E-state index contributed by atoms with van der Waals surface area (Å²) < 4.78 is 16.2. The Morgan fingerprint density at radius 2 is 1.74 bits per heavy atom. The molecule has 1 fully saturated rings. The Morgan fingerprint density at radius 1 is 1.06 bits per heavy atom. The quantitative estimate of drug-likeness (QED) is 0.351. The van der Waals surface area contributed by atoms with E-state index in [0.29, 0.717) is 23.5 Å². The van der Waals surface area contributed by atoms with Crippen LogP contribution >= 0.6 is 0 Å². The van der Waals surface area contributed by atoms with Gasteiger partial charge in [-0.2, -0.15) is 0 Å². The topological polar surface area (TPSA) is 85.3 Å². The fraction of sp³-hybridized carbons (Fsp3) is 0.407. The van der Waals surface area contributed by atoms with Crippen molar-refractivity contribution in [3.05, 3.63) is 64.7 Å². The van der Waals surface area contributed by atoms with E-state index in [1.165, 1.54) is 12.0 Å².